The van der Waals surface area contributed by atoms with Crippen molar-refractivity contribution in [3.63, 3.8) is 0 Å². The first kappa shape index (κ1) is 15.6. The van der Waals surface area contributed by atoms with Gasteiger partial charge in [-0.05, 0) is 55.7 Å². The van der Waals surface area contributed by atoms with Gasteiger partial charge in [0.05, 0.1) is 0 Å². The summed E-state index contributed by atoms with van der Waals surface area (Å²) in [6, 6.07) is 8.37. The summed E-state index contributed by atoms with van der Waals surface area (Å²) in [6.45, 7) is 4.23. The van der Waals surface area contributed by atoms with E-state index in [2.05, 4.69) is 5.32 Å². The third-order valence-electron chi connectivity index (χ3n) is 3.52. The zero-order valence-corrected chi connectivity index (χ0v) is 12.1. The Kier molecular flexibility index (Phi) is 5.02. The summed E-state index contributed by atoms with van der Waals surface area (Å²) in [4.78, 5) is 0. The van der Waals surface area contributed by atoms with E-state index >= 15 is 0 Å². The smallest absolute Gasteiger partial charge is 0.129 e. The molecule has 2 aromatic carbocycles. The number of rotatable bonds is 5. The van der Waals surface area contributed by atoms with Crippen LogP contribution in [0.15, 0.2) is 36.4 Å². The van der Waals surface area contributed by atoms with Gasteiger partial charge in [0.15, 0.2) is 0 Å². The van der Waals surface area contributed by atoms with Crippen molar-refractivity contribution in [3.05, 3.63) is 70.5 Å². The van der Waals surface area contributed by atoms with E-state index in [1.54, 1.807) is 6.07 Å². The van der Waals surface area contributed by atoms with Crippen molar-refractivity contribution in [3.8, 4) is 0 Å². The highest BCUT2D eigenvalue weighted by Gasteiger charge is 2.12. The van der Waals surface area contributed by atoms with Crippen LogP contribution in [0.5, 0.6) is 0 Å². The fraction of sp³-hybridized carbons (Fsp3) is 0.294. The Bertz CT molecular complexity index is 605. The molecule has 0 heterocycles. The molecular weight excluding hydrogens is 275 g/mol. The Morgan fingerprint density at radius 2 is 1.71 bits per heavy atom. The molecule has 0 fully saturated rings. The van der Waals surface area contributed by atoms with Gasteiger partial charge in [-0.3, -0.25) is 0 Å². The number of halogens is 3. The van der Waals surface area contributed by atoms with Crippen LogP contribution < -0.4 is 5.32 Å². The van der Waals surface area contributed by atoms with Crippen LogP contribution >= 0.6 is 0 Å². The normalized spacial score (nSPS) is 12.4. The summed E-state index contributed by atoms with van der Waals surface area (Å²) < 4.78 is 40.2. The van der Waals surface area contributed by atoms with Gasteiger partial charge in [-0.15, -0.1) is 0 Å². The molecule has 0 spiro atoms. The van der Waals surface area contributed by atoms with E-state index in [1.807, 2.05) is 13.8 Å². The zero-order valence-electron chi connectivity index (χ0n) is 12.1. The molecule has 0 aliphatic carbocycles. The SMILES string of the molecule is Cc1cc(F)ccc1CNC(C)Cc1c(F)cccc1F. The molecule has 2 rings (SSSR count). The minimum atomic E-state index is -0.526. The second-order valence-electron chi connectivity index (χ2n) is 5.26. The van der Waals surface area contributed by atoms with E-state index in [4.69, 9.17) is 0 Å². The van der Waals surface area contributed by atoms with Crippen LogP contribution in [-0.2, 0) is 13.0 Å². The Morgan fingerprint density at radius 3 is 2.33 bits per heavy atom. The van der Waals surface area contributed by atoms with E-state index in [9.17, 15) is 13.2 Å². The van der Waals surface area contributed by atoms with Crippen LogP contribution in [0.2, 0.25) is 0 Å². The lowest BCUT2D eigenvalue weighted by Crippen LogP contribution is -2.28. The number of benzene rings is 2. The van der Waals surface area contributed by atoms with Gasteiger partial charge in [0.25, 0.3) is 0 Å². The molecule has 0 saturated heterocycles. The zero-order chi connectivity index (χ0) is 15.4. The molecule has 0 radical (unpaired) electrons. The highest BCUT2D eigenvalue weighted by molar-refractivity contribution is 5.26. The fourth-order valence-electron chi connectivity index (χ4n) is 2.25. The van der Waals surface area contributed by atoms with Crippen molar-refractivity contribution in [1.29, 1.82) is 0 Å². The van der Waals surface area contributed by atoms with Crippen LogP contribution in [0.25, 0.3) is 0 Å². The number of hydrogen-bond donors (Lipinski definition) is 1. The minimum Gasteiger partial charge on any atom is -0.310 e. The molecule has 1 unspecified atom stereocenters. The molecule has 1 N–H and O–H groups in total. The molecular formula is C17H18F3N. The molecule has 112 valence electrons. The van der Waals surface area contributed by atoms with Crippen LogP contribution in [0, 0.1) is 24.4 Å². The molecule has 1 atom stereocenters. The van der Waals surface area contributed by atoms with Crippen molar-refractivity contribution in [2.75, 3.05) is 0 Å². The molecule has 21 heavy (non-hydrogen) atoms. The predicted molar refractivity (Wildman–Crippen MR) is 77.5 cm³/mol. The summed E-state index contributed by atoms with van der Waals surface area (Å²) in [7, 11) is 0. The molecule has 1 nitrogen and oxygen atoms in total. The largest absolute Gasteiger partial charge is 0.310 e. The van der Waals surface area contributed by atoms with Crippen LogP contribution in [0.1, 0.15) is 23.6 Å². The molecule has 2 aromatic rings. The average molecular weight is 293 g/mol. The molecule has 0 saturated carbocycles. The van der Waals surface area contributed by atoms with Crippen molar-refractivity contribution in [1.82, 2.24) is 5.32 Å². The fourth-order valence-corrected chi connectivity index (χ4v) is 2.25. The molecule has 0 bridgehead atoms. The van der Waals surface area contributed by atoms with E-state index in [1.165, 1.54) is 30.3 Å². The summed E-state index contributed by atoms with van der Waals surface area (Å²) in [5, 5.41) is 3.21. The van der Waals surface area contributed by atoms with E-state index in [0.29, 0.717) is 6.54 Å². The summed E-state index contributed by atoms with van der Waals surface area (Å²) >= 11 is 0. The van der Waals surface area contributed by atoms with Crippen molar-refractivity contribution < 1.29 is 13.2 Å². The maximum absolute atomic E-state index is 13.6. The quantitative estimate of drug-likeness (QED) is 0.874. The second-order valence-corrected chi connectivity index (χ2v) is 5.26. The third kappa shape index (κ3) is 4.08. The summed E-state index contributed by atoms with van der Waals surface area (Å²) in [5.41, 5.74) is 1.91. The number of aryl methyl sites for hydroxylation is 1. The van der Waals surface area contributed by atoms with E-state index < -0.39 is 11.6 Å². The van der Waals surface area contributed by atoms with Gasteiger partial charge in [0, 0.05) is 18.2 Å². The highest BCUT2D eigenvalue weighted by atomic mass is 19.1. The van der Waals surface area contributed by atoms with Gasteiger partial charge in [0.1, 0.15) is 17.5 Å². The van der Waals surface area contributed by atoms with Crippen LogP contribution in [-0.4, -0.2) is 6.04 Å². The monoisotopic (exact) mass is 293 g/mol. The van der Waals surface area contributed by atoms with Gasteiger partial charge in [-0.2, -0.15) is 0 Å². The minimum absolute atomic E-state index is 0.0910. The second kappa shape index (κ2) is 6.76. The van der Waals surface area contributed by atoms with Crippen molar-refractivity contribution in [2.45, 2.75) is 32.9 Å². The molecule has 4 heteroatoms. The van der Waals surface area contributed by atoms with E-state index in [0.717, 1.165) is 11.1 Å². The van der Waals surface area contributed by atoms with E-state index in [-0.39, 0.29) is 23.8 Å². The van der Waals surface area contributed by atoms with Crippen molar-refractivity contribution in [2.24, 2.45) is 0 Å². The Hall–Kier alpha value is -1.81. The number of hydrogen-bond acceptors (Lipinski definition) is 1. The lowest BCUT2D eigenvalue weighted by Gasteiger charge is -2.16. The first-order valence-electron chi connectivity index (χ1n) is 6.88. The van der Waals surface area contributed by atoms with Crippen molar-refractivity contribution >= 4 is 0 Å². The first-order chi connectivity index (χ1) is 9.97. The molecule has 0 aromatic heterocycles. The Morgan fingerprint density at radius 1 is 1.05 bits per heavy atom. The Labute approximate surface area is 122 Å². The standard InChI is InChI=1S/C17H18F3N/c1-11-8-14(18)7-6-13(11)10-21-12(2)9-15-16(19)4-3-5-17(15)20/h3-8,12,21H,9-10H2,1-2H3. The Balaban J connectivity index is 1.97. The molecule has 0 aliphatic rings. The van der Waals surface area contributed by atoms with Gasteiger partial charge >= 0.3 is 0 Å². The van der Waals surface area contributed by atoms with Gasteiger partial charge < -0.3 is 5.32 Å². The maximum atomic E-state index is 13.6. The van der Waals surface area contributed by atoms with Crippen LogP contribution in [0.3, 0.4) is 0 Å². The lowest BCUT2D eigenvalue weighted by atomic mass is 10.0. The topological polar surface area (TPSA) is 12.0 Å². The average Bonchev–Trinajstić information content (AvgIpc) is 2.42. The summed E-state index contributed by atoms with van der Waals surface area (Å²) in [5.74, 6) is -1.32. The first-order valence-corrected chi connectivity index (χ1v) is 6.88. The van der Waals surface area contributed by atoms with Crippen LogP contribution in [0.4, 0.5) is 13.2 Å². The highest BCUT2D eigenvalue weighted by Crippen LogP contribution is 2.15. The predicted octanol–water partition coefficient (Wildman–Crippen LogP) is 4.13. The van der Waals surface area contributed by atoms with Gasteiger partial charge in [-0.25, -0.2) is 13.2 Å². The lowest BCUT2D eigenvalue weighted by molar-refractivity contribution is 0.498. The number of nitrogens with one attached hydrogen (secondary N) is 1. The third-order valence-corrected chi connectivity index (χ3v) is 3.52. The summed E-state index contributed by atoms with van der Waals surface area (Å²) in [6.07, 6.45) is 0.263. The van der Waals surface area contributed by atoms with Gasteiger partial charge in [-0.1, -0.05) is 12.1 Å². The molecule has 0 aliphatic heterocycles. The molecule has 0 amide bonds. The maximum Gasteiger partial charge on any atom is 0.129 e. The van der Waals surface area contributed by atoms with Gasteiger partial charge in [0.2, 0.25) is 0 Å².